The first-order valence-electron chi connectivity index (χ1n) is 7.94. The van der Waals surface area contributed by atoms with Crippen LogP contribution in [0.25, 0.3) is 0 Å². The van der Waals surface area contributed by atoms with E-state index in [-0.39, 0.29) is 16.9 Å². The van der Waals surface area contributed by atoms with Gasteiger partial charge in [-0.15, -0.1) is 0 Å². The first-order chi connectivity index (χ1) is 9.69. The van der Waals surface area contributed by atoms with Gasteiger partial charge in [0, 0.05) is 19.1 Å². The smallest absolute Gasteiger partial charge is 0.152 e. The molecule has 0 unspecified atom stereocenters. The lowest BCUT2D eigenvalue weighted by molar-refractivity contribution is -0.126. The molecule has 16 heavy (non-hydrogen) atoms. The molecule has 0 heterocycles. The number of ketones is 1. The second-order valence-corrected chi connectivity index (χ2v) is 4.73. The molecule has 1 aromatic rings. The van der Waals surface area contributed by atoms with Crippen LogP contribution in [0.1, 0.15) is 46.9 Å². The number of fused-ring (bicyclic) bond motifs is 1. The third kappa shape index (κ3) is 1.11. The van der Waals surface area contributed by atoms with E-state index in [0.29, 0.717) is 5.56 Å². The molecule has 0 saturated heterocycles. The van der Waals surface area contributed by atoms with E-state index < -0.39 is 30.3 Å². The molecule has 0 saturated carbocycles. The van der Waals surface area contributed by atoms with Crippen molar-refractivity contribution >= 4 is 17.2 Å². The van der Waals surface area contributed by atoms with Crippen molar-refractivity contribution in [2.75, 3.05) is 11.5 Å². The molecule has 3 heteroatoms. The lowest BCUT2D eigenvalue weighted by Gasteiger charge is -2.21. The molecule has 86 valence electrons. The number of nitrogens with two attached hydrogens (primary N) is 2. The fourth-order valence-electron chi connectivity index (χ4n) is 2.17. The minimum Gasteiger partial charge on any atom is -0.397 e. The molecule has 0 atom stereocenters. The Kier molecular flexibility index (Phi) is 0.994. The summed E-state index contributed by atoms with van der Waals surface area (Å²) in [4.78, 5) is 12.9. The van der Waals surface area contributed by atoms with Gasteiger partial charge in [0.15, 0.2) is 5.78 Å². The van der Waals surface area contributed by atoms with Crippen LogP contribution in [0.15, 0.2) is 12.1 Å². The lowest BCUT2D eigenvalue weighted by Crippen LogP contribution is -2.33. The predicted molar refractivity (Wildman–Crippen MR) is 66.3 cm³/mol. The summed E-state index contributed by atoms with van der Waals surface area (Å²) >= 11 is 0. The third-order valence-electron chi connectivity index (χ3n) is 3.21. The largest absolute Gasteiger partial charge is 0.397 e. The monoisotopic (exact) mass is 224 g/mol. The molecule has 0 radical (unpaired) electrons. The van der Waals surface area contributed by atoms with E-state index in [2.05, 4.69) is 0 Å². The number of hydrogen-bond acceptors (Lipinski definition) is 3. The summed E-state index contributed by atoms with van der Waals surface area (Å²) in [6.45, 7) is -3.08. The number of carbonyl (C=O) groups excluding carboxylic acids is 1. The summed E-state index contributed by atoms with van der Waals surface area (Å²) in [6.07, 6.45) is 0. The minimum absolute atomic E-state index is 0.0575. The summed E-state index contributed by atoms with van der Waals surface area (Å²) in [5.74, 6) is -0.861. The number of benzene rings is 1. The number of rotatable bonds is 0. The molecule has 1 aromatic carbocycles. The standard InChI is InChI=1S/C13H18N2O/c1-12(2)7-5-9(14)10(15)6-8(7)13(3,4)11(12)16/h5-6H,14-15H2,1-4H3/i1D3,2D3. The number of nitrogen functional groups attached to an aromatic ring is 2. The van der Waals surface area contributed by atoms with Crippen LogP contribution in [0.3, 0.4) is 0 Å². The van der Waals surface area contributed by atoms with Gasteiger partial charge < -0.3 is 11.5 Å². The second-order valence-electron chi connectivity index (χ2n) is 4.73. The molecular weight excluding hydrogens is 200 g/mol. The second kappa shape index (κ2) is 2.78. The molecule has 3 nitrogen and oxygen atoms in total. The number of anilines is 2. The summed E-state index contributed by atoms with van der Waals surface area (Å²) in [7, 11) is 0. The van der Waals surface area contributed by atoms with Crippen molar-refractivity contribution in [3.05, 3.63) is 23.3 Å². The average molecular weight is 224 g/mol. The molecule has 0 aromatic heterocycles. The molecule has 0 amide bonds. The zero-order valence-corrected chi connectivity index (χ0v) is 9.22. The van der Waals surface area contributed by atoms with Gasteiger partial charge in [-0.25, -0.2) is 0 Å². The Labute approximate surface area is 104 Å². The maximum absolute atomic E-state index is 12.9. The van der Waals surface area contributed by atoms with Crippen molar-refractivity contribution in [3.8, 4) is 0 Å². The van der Waals surface area contributed by atoms with Crippen LogP contribution in [0.4, 0.5) is 11.4 Å². The summed E-state index contributed by atoms with van der Waals surface area (Å²) in [5, 5.41) is 0. The van der Waals surface area contributed by atoms with Gasteiger partial charge in [0.2, 0.25) is 0 Å². The Hall–Kier alpha value is -1.51. The van der Waals surface area contributed by atoms with Gasteiger partial charge in [-0.3, -0.25) is 4.79 Å². The average Bonchev–Trinajstić information content (AvgIpc) is 2.46. The third-order valence-corrected chi connectivity index (χ3v) is 3.21. The predicted octanol–water partition coefficient (Wildman–Crippen LogP) is 1.99. The van der Waals surface area contributed by atoms with Gasteiger partial charge >= 0.3 is 0 Å². The van der Waals surface area contributed by atoms with Gasteiger partial charge in [-0.2, -0.15) is 0 Å². The van der Waals surface area contributed by atoms with E-state index in [4.69, 9.17) is 19.7 Å². The molecule has 0 aliphatic heterocycles. The van der Waals surface area contributed by atoms with Gasteiger partial charge in [-0.1, -0.05) is 0 Å². The van der Waals surface area contributed by atoms with Crippen molar-refractivity contribution in [1.82, 2.24) is 0 Å². The van der Waals surface area contributed by atoms with Crippen LogP contribution in [0, 0.1) is 0 Å². The molecule has 4 N–H and O–H groups in total. The fraction of sp³-hybridized carbons (Fsp3) is 0.462. The highest BCUT2D eigenvalue weighted by molar-refractivity contribution is 6.03. The highest BCUT2D eigenvalue weighted by atomic mass is 16.1. The van der Waals surface area contributed by atoms with Crippen LogP contribution in [-0.2, 0) is 15.6 Å². The Balaban J connectivity index is 3.02. The Morgan fingerprint density at radius 1 is 1.06 bits per heavy atom. The van der Waals surface area contributed by atoms with Crippen LogP contribution < -0.4 is 11.5 Å². The molecule has 0 fully saturated rings. The first kappa shape index (κ1) is 5.71. The SMILES string of the molecule is [2H]C([2H])([2H])C1(C([2H])([2H])[2H])C(=O)C(C)(C)c2cc(N)c(N)cc21. The molecule has 2 rings (SSSR count). The van der Waals surface area contributed by atoms with E-state index in [9.17, 15) is 4.79 Å². The first-order valence-corrected chi connectivity index (χ1v) is 4.94. The molecule has 0 spiro atoms. The van der Waals surface area contributed by atoms with E-state index >= 15 is 0 Å². The van der Waals surface area contributed by atoms with Crippen LogP contribution in [-0.4, -0.2) is 5.78 Å². The lowest BCUT2D eigenvalue weighted by atomic mass is 9.80. The highest BCUT2D eigenvalue weighted by Gasteiger charge is 2.50. The minimum atomic E-state index is -3.04. The molecule has 1 aliphatic carbocycles. The highest BCUT2D eigenvalue weighted by Crippen LogP contribution is 2.48. The maximum Gasteiger partial charge on any atom is 0.152 e. The van der Waals surface area contributed by atoms with Gasteiger partial charge in [0.1, 0.15) is 0 Å². The number of carbonyl (C=O) groups is 1. The zero-order valence-electron chi connectivity index (χ0n) is 15.2. The summed E-state index contributed by atoms with van der Waals surface area (Å²) in [6, 6.07) is 2.62. The Morgan fingerprint density at radius 2 is 1.50 bits per heavy atom. The van der Waals surface area contributed by atoms with E-state index in [1.807, 2.05) is 0 Å². The Bertz CT molecular complexity index is 646. The van der Waals surface area contributed by atoms with Gasteiger partial charge in [0.05, 0.1) is 11.4 Å². The quantitative estimate of drug-likeness (QED) is 0.662. The molecule has 1 aliphatic rings. The van der Waals surface area contributed by atoms with Crippen LogP contribution >= 0.6 is 0 Å². The van der Waals surface area contributed by atoms with Crippen LogP contribution in [0.5, 0.6) is 0 Å². The van der Waals surface area contributed by atoms with Gasteiger partial charge in [-0.05, 0) is 50.8 Å². The number of hydrogen-bond donors (Lipinski definition) is 2. The van der Waals surface area contributed by atoms with Crippen molar-refractivity contribution in [3.63, 3.8) is 0 Å². The van der Waals surface area contributed by atoms with Crippen molar-refractivity contribution in [2.45, 2.75) is 38.4 Å². The van der Waals surface area contributed by atoms with Crippen LogP contribution in [0.2, 0.25) is 0 Å². The van der Waals surface area contributed by atoms with E-state index in [1.54, 1.807) is 0 Å². The fourth-order valence-corrected chi connectivity index (χ4v) is 2.17. The van der Waals surface area contributed by atoms with Crippen molar-refractivity contribution in [2.24, 2.45) is 0 Å². The maximum atomic E-state index is 12.9. The molecule has 0 bridgehead atoms. The van der Waals surface area contributed by atoms with Crippen molar-refractivity contribution in [1.29, 1.82) is 0 Å². The summed E-state index contributed by atoms with van der Waals surface area (Å²) < 4.78 is 46.7. The molecular formula is C13H18N2O. The normalized spacial score (nSPS) is 28.0. The van der Waals surface area contributed by atoms with E-state index in [1.165, 1.54) is 26.0 Å². The van der Waals surface area contributed by atoms with E-state index in [0.717, 1.165) is 0 Å². The van der Waals surface area contributed by atoms with Gasteiger partial charge in [0.25, 0.3) is 0 Å². The zero-order chi connectivity index (χ0) is 17.3. The summed E-state index contributed by atoms with van der Waals surface area (Å²) in [5.41, 5.74) is 8.08. The number of Topliss-reactive ketones (excluding diaryl/α,β-unsaturated/α-hetero) is 1. The van der Waals surface area contributed by atoms with Crippen molar-refractivity contribution < 1.29 is 13.0 Å². The Morgan fingerprint density at radius 3 is 1.94 bits per heavy atom. The topological polar surface area (TPSA) is 69.1 Å².